The molecule has 1 N–H and O–H groups in total. The lowest BCUT2D eigenvalue weighted by Crippen LogP contribution is -2.51. The van der Waals surface area contributed by atoms with Crippen LogP contribution in [-0.2, 0) is 14.9 Å². The van der Waals surface area contributed by atoms with Crippen LogP contribution in [0.15, 0.2) is 18.3 Å². The molecule has 1 fully saturated rings. The standard InChI is InChI=1S/C19H24N6O4/c1-5-27-14-7-6-8-25-15(12(2)20-16(14)25)13(26)9-19(17-21-23-24-22-17)10-28-18(3,4)29-11-19/h6-8H,5,9-11H2,1-4H3,(H,21,22,23,24). The summed E-state index contributed by atoms with van der Waals surface area (Å²) < 4.78 is 19.1. The van der Waals surface area contributed by atoms with Crippen LogP contribution in [0.3, 0.4) is 0 Å². The number of ether oxygens (including phenoxy) is 3. The van der Waals surface area contributed by atoms with Gasteiger partial charge in [0.2, 0.25) is 0 Å². The molecular weight excluding hydrogens is 376 g/mol. The average Bonchev–Trinajstić information content (AvgIpc) is 3.32. The lowest BCUT2D eigenvalue weighted by Gasteiger charge is -2.41. The molecule has 154 valence electrons. The minimum absolute atomic E-state index is 0.0934. The summed E-state index contributed by atoms with van der Waals surface area (Å²) in [5.74, 6) is 0.182. The van der Waals surface area contributed by atoms with Crippen molar-refractivity contribution in [2.75, 3.05) is 19.8 Å². The number of H-pyrrole nitrogens is 1. The highest BCUT2D eigenvalue weighted by atomic mass is 16.7. The van der Waals surface area contributed by atoms with Crippen LogP contribution in [0.2, 0.25) is 0 Å². The molecule has 1 aliphatic rings. The summed E-state index contributed by atoms with van der Waals surface area (Å²) in [5, 5.41) is 14.3. The number of nitrogens with zero attached hydrogens (tertiary/aromatic N) is 5. The van der Waals surface area contributed by atoms with Crippen molar-refractivity contribution < 1.29 is 19.0 Å². The number of nitrogens with one attached hydrogen (secondary N) is 1. The summed E-state index contributed by atoms with van der Waals surface area (Å²) >= 11 is 0. The van der Waals surface area contributed by atoms with Gasteiger partial charge in [-0.25, -0.2) is 4.98 Å². The SMILES string of the molecule is CCOc1cccn2c(C(=O)CC3(c4nn[nH]n4)COC(C)(C)OC3)c(C)nc12. The van der Waals surface area contributed by atoms with E-state index in [1.807, 2.05) is 46.0 Å². The number of imidazole rings is 1. The number of pyridine rings is 1. The molecule has 10 heteroatoms. The van der Waals surface area contributed by atoms with Crippen molar-refractivity contribution in [1.82, 2.24) is 30.0 Å². The molecule has 0 bridgehead atoms. The third-order valence-electron chi connectivity index (χ3n) is 5.06. The number of aryl methyl sites for hydroxylation is 1. The molecular formula is C19H24N6O4. The van der Waals surface area contributed by atoms with Gasteiger partial charge < -0.3 is 14.2 Å². The molecule has 0 radical (unpaired) electrons. The van der Waals surface area contributed by atoms with E-state index in [-0.39, 0.29) is 25.4 Å². The zero-order valence-electron chi connectivity index (χ0n) is 16.9. The highest BCUT2D eigenvalue weighted by molar-refractivity contribution is 5.97. The molecule has 1 saturated heterocycles. The second kappa shape index (κ2) is 7.20. The van der Waals surface area contributed by atoms with E-state index in [0.29, 0.717) is 35.2 Å². The Bertz CT molecular complexity index is 1020. The van der Waals surface area contributed by atoms with Crippen molar-refractivity contribution in [1.29, 1.82) is 0 Å². The molecule has 0 spiro atoms. The van der Waals surface area contributed by atoms with Crippen molar-refractivity contribution in [3.8, 4) is 5.75 Å². The lowest BCUT2D eigenvalue weighted by atomic mass is 9.81. The second-order valence-electron chi connectivity index (χ2n) is 7.64. The Morgan fingerprint density at radius 1 is 1.34 bits per heavy atom. The average molecular weight is 400 g/mol. The summed E-state index contributed by atoms with van der Waals surface area (Å²) in [6.07, 6.45) is 1.90. The van der Waals surface area contributed by atoms with Crippen molar-refractivity contribution in [3.63, 3.8) is 0 Å². The number of ketones is 1. The number of carbonyl (C=O) groups excluding carboxylic acids is 1. The molecule has 0 amide bonds. The first kappa shape index (κ1) is 19.5. The lowest BCUT2D eigenvalue weighted by molar-refractivity contribution is -0.269. The monoisotopic (exact) mass is 400 g/mol. The normalized spacial score (nSPS) is 18.1. The van der Waals surface area contributed by atoms with Gasteiger partial charge in [0.25, 0.3) is 0 Å². The number of rotatable bonds is 6. The van der Waals surface area contributed by atoms with Crippen LogP contribution in [-0.4, -0.2) is 61.4 Å². The molecule has 4 heterocycles. The zero-order chi connectivity index (χ0) is 20.6. The van der Waals surface area contributed by atoms with Gasteiger partial charge in [0.1, 0.15) is 5.69 Å². The van der Waals surface area contributed by atoms with Gasteiger partial charge in [0.15, 0.2) is 28.8 Å². The molecule has 1 aliphatic heterocycles. The van der Waals surface area contributed by atoms with Gasteiger partial charge in [0.05, 0.1) is 30.9 Å². The van der Waals surface area contributed by atoms with Crippen LogP contribution in [0.25, 0.3) is 5.65 Å². The maximum absolute atomic E-state index is 13.4. The number of Topliss-reactive ketones (excluding diaryl/α,β-unsaturated/α-hetero) is 1. The van der Waals surface area contributed by atoms with Crippen molar-refractivity contribution >= 4 is 11.4 Å². The number of hydrogen-bond donors (Lipinski definition) is 1. The van der Waals surface area contributed by atoms with E-state index < -0.39 is 11.2 Å². The Kier molecular flexibility index (Phi) is 4.83. The van der Waals surface area contributed by atoms with Gasteiger partial charge in [-0.2, -0.15) is 5.21 Å². The van der Waals surface area contributed by atoms with Crippen molar-refractivity contribution in [3.05, 3.63) is 35.5 Å². The topological polar surface area (TPSA) is 117 Å². The molecule has 10 nitrogen and oxygen atoms in total. The number of aromatic amines is 1. The summed E-state index contributed by atoms with van der Waals surface area (Å²) in [6, 6.07) is 3.67. The van der Waals surface area contributed by atoms with Crippen LogP contribution >= 0.6 is 0 Å². The highest BCUT2D eigenvalue weighted by Crippen LogP contribution is 2.35. The van der Waals surface area contributed by atoms with Crippen LogP contribution in [0.1, 0.15) is 49.2 Å². The summed E-state index contributed by atoms with van der Waals surface area (Å²) in [7, 11) is 0. The molecule has 29 heavy (non-hydrogen) atoms. The number of carbonyl (C=O) groups is 1. The van der Waals surface area contributed by atoms with Gasteiger partial charge in [-0.3, -0.25) is 9.20 Å². The molecule has 3 aromatic heterocycles. The molecule has 3 aromatic rings. The van der Waals surface area contributed by atoms with Crippen molar-refractivity contribution in [2.45, 2.75) is 45.3 Å². The zero-order valence-corrected chi connectivity index (χ0v) is 16.9. The van der Waals surface area contributed by atoms with E-state index in [0.717, 1.165) is 0 Å². The predicted molar refractivity (Wildman–Crippen MR) is 102 cm³/mol. The number of hydrogen-bond acceptors (Lipinski definition) is 8. The van der Waals surface area contributed by atoms with E-state index in [1.165, 1.54) is 0 Å². The first-order chi connectivity index (χ1) is 13.9. The minimum atomic E-state index is -0.840. The van der Waals surface area contributed by atoms with Crippen LogP contribution in [0, 0.1) is 6.92 Å². The summed E-state index contributed by atoms with van der Waals surface area (Å²) in [4.78, 5) is 18.0. The van der Waals surface area contributed by atoms with Gasteiger partial charge in [-0.15, -0.1) is 10.2 Å². The van der Waals surface area contributed by atoms with E-state index >= 15 is 0 Å². The third kappa shape index (κ3) is 3.49. The van der Waals surface area contributed by atoms with E-state index in [1.54, 1.807) is 4.40 Å². The number of tetrazole rings is 1. The van der Waals surface area contributed by atoms with Gasteiger partial charge in [0, 0.05) is 12.6 Å². The van der Waals surface area contributed by atoms with Gasteiger partial charge in [-0.05, 0) is 39.8 Å². The minimum Gasteiger partial charge on any atom is -0.490 e. The largest absolute Gasteiger partial charge is 0.490 e. The fraction of sp³-hybridized carbons (Fsp3) is 0.526. The smallest absolute Gasteiger partial charge is 0.185 e. The van der Waals surface area contributed by atoms with Crippen molar-refractivity contribution in [2.24, 2.45) is 0 Å². The molecule has 0 unspecified atom stereocenters. The molecule has 0 aliphatic carbocycles. The fourth-order valence-electron chi connectivity index (χ4n) is 3.56. The Morgan fingerprint density at radius 2 is 2.10 bits per heavy atom. The van der Waals surface area contributed by atoms with Crippen LogP contribution < -0.4 is 4.74 Å². The first-order valence-corrected chi connectivity index (χ1v) is 9.51. The Morgan fingerprint density at radius 3 is 2.76 bits per heavy atom. The number of fused-ring (bicyclic) bond motifs is 1. The first-order valence-electron chi connectivity index (χ1n) is 9.51. The Hall–Kier alpha value is -2.85. The quantitative estimate of drug-likeness (QED) is 0.623. The third-order valence-corrected chi connectivity index (χ3v) is 5.06. The van der Waals surface area contributed by atoms with E-state index in [4.69, 9.17) is 14.2 Å². The fourth-order valence-corrected chi connectivity index (χ4v) is 3.56. The molecule has 0 atom stereocenters. The second-order valence-corrected chi connectivity index (χ2v) is 7.64. The predicted octanol–water partition coefficient (Wildman–Crippen LogP) is 1.85. The Labute approximate surface area is 167 Å². The molecule has 0 aromatic carbocycles. The number of aromatic nitrogens is 6. The summed E-state index contributed by atoms with van der Waals surface area (Å²) in [5.41, 5.74) is 0.895. The van der Waals surface area contributed by atoms with E-state index in [2.05, 4.69) is 25.6 Å². The van der Waals surface area contributed by atoms with Gasteiger partial charge in [-0.1, -0.05) is 5.21 Å². The molecule has 4 rings (SSSR count). The van der Waals surface area contributed by atoms with E-state index in [9.17, 15) is 4.79 Å². The maximum atomic E-state index is 13.4. The molecule has 0 saturated carbocycles. The summed E-state index contributed by atoms with van der Waals surface area (Å²) in [6.45, 7) is 8.38. The highest BCUT2D eigenvalue weighted by Gasteiger charge is 2.46. The van der Waals surface area contributed by atoms with Crippen LogP contribution in [0.5, 0.6) is 5.75 Å². The van der Waals surface area contributed by atoms with Crippen LogP contribution in [0.4, 0.5) is 0 Å². The maximum Gasteiger partial charge on any atom is 0.185 e. The Balaban J connectivity index is 1.71. The van der Waals surface area contributed by atoms with Gasteiger partial charge >= 0.3 is 0 Å².